The summed E-state index contributed by atoms with van der Waals surface area (Å²) in [5.41, 5.74) is 1.58. The lowest BCUT2D eigenvalue weighted by Crippen LogP contribution is -2.08. The Labute approximate surface area is 82.5 Å². The molecule has 0 saturated carbocycles. The second kappa shape index (κ2) is 4.72. The van der Waals surface area contributed by atoms with Crippen molar-refractivity contribution in [3.63, 3.8) is 0 Å². The molecule has 0 aliphatic heterocycles. The van der Waals surface area contributed by atoms with Crippen LogP contribution in [-0.2, 0) is 11.3 Å². The lowest BCUT2D eigenvalue weighted by atomic mass is 10.2. The largest absolute Gasteiger partial charge is 0.462 e. The van der Waals surface area contributed by atoms with E-state index >= 15 is 0 Å². The first-order valence-corrected chi connectivity index (χ1v) is 4.43. The summed E-state index contributed by atoms with van der Waals surface area (Å²) in [4.78, 5) is 15.4. The fourth-order valence-corrected chi connectivity index (χ4v) is 1.13. The molecule has 1 aromatic heterocycles. The number of aryl methyl sites for hydroxylation is 1. The molecule has 0 atom stereocenters. The van der Waals surface area contributed by atoms with Gasteiger partial charge in [0.15, 0.2) is 0 Å². The smallest absolute Gasteiger partial charge is 0.339 e. The van der Waals surface area contributed by atoms with E-state index in [1.165, 1.54) is 0 Å². The number of rotatable bonds is 3. The van der Waals surface area contributed by atoms with Crippen molar-refractivity contribution in [2.75, 3.05) is 6.61 Å². The molecule has 1 aromatic rings. The summed E-state index contributed by atoms with van der Waals surface area (Å²) in [7, 11) is 0. The van der Waals surface area contributed by atoms with Gasteiger partial charge in [-0.1, -0.05) is 0 Å². The van der Waals surface area contributed by atoms with Crippen LogP contribution in [0.5, 0.6) is 0 Å². The number of aliphatic hydroxyl groups is 1. The summed E-state index contributed by atoms with van der Waals surface area (Å²) in [6.45, 7) is 3.69. The molecule has 0 radical (unpaired) electrons. The Morgan fingerprint density at radius 1 is 1.57 bits per heavy atom. The predicted octanol–water partition coefficient (Wildman–Crippen LogP) is 1.06. The number of ether oxygens (including phenoxy) is 1. The zero-order valence-electron chi connectivity index (χ0n) is 8.28. The molecule has 0 unspecified atom stereocenters. The lowest BCUT2D eigenvalue weighted by Gasteiger charge is -2.05. The van der Waals surface area contributed by atoms with Crippen LogP contribution in [0.1, 0.15) is 28.7 Å². The van der Waals surface area contributed by atoms with Crippen molar-refractivity contribution in [2.24, 2.45) is 0 Å². The number of hydrogen-bond acceptors (Lipinski definition) is 4. The summed E-state index contributed by atoms with van der Waals surface area (Å²) in [6, 6.07) is 3.23. The van der Waals surface area contributed by atoms with Gasteiger partial charge in [0, 0.05) is 0 Å². The van der Waals surface area contributed by atoms with Crippen LogP contribution in [0.25, 0.3) is 0 Å². The second-order valence-corrected chi connectivity index (χ2v) is 2.81. The summed E-state index contributed by atoms with van der Waals surface area (Å²) in [5.74, 6) is -0.373. The molecular formula is C10H13NO3. The zero-order valence-corrected chi connectivity index (χ0v) is 8.28. The molecule has 1 rings (SSSR count). The minimum Gasteiger partial charge on any atom is -0.462 e. The molecule has 0 amide bonds. The highest BCUT2D eigenvalue weighted by Crippen LogP contribution is 2.08. The van der Waals surface area contributed by atoms with Crippen LogP contribution in [-0.4, -0.2) is 22.7 Å². The van der Waals surface area contributed by atoms with E-state index in [9.17, 15) is 4.79 Å². The van der Waals surface area contributed by atoms with E-state index in [1.54, 1.807) is 26.0 Å². The number of carbonyl (C=O) groups excluding carboxylic acids is 1. The van der Waals surface area contributed by atoms with Crippen LogP contribution in [0.2, 0.25) is 0 Å². The van der Waals surface area contributed by atoms with Crippen LogP contribution in [0, 0.1) is 6.92 Å². The molecule has 0 aromatic carbocycles. The van der Waals surface area contributed by atoms with Crippen molar-refractivity contribution in [3.05, 3.63) is 29.1 Å². The number of nitrogens with zero attached hydrogens (tertiary/aromatic N) is 1. The molecule has 76 valence electrons. The van der Waals surface area contributed by atoms with E-state index in [4.69, 9.17) is 9.84 Å². The summed E-state index contributed by atoms with van der Waals surface area (Å²) >= 11 is 0. The van der Waals surface area contributed by atoms with Gasteiger partial charge in [0.2, 0.25) is 0 Å². The van der Waals surface area contributed by atoms with Gasteiger partial charge >= 0.3 is 5.97 Å². The van der Waals surface area contributed by atoms with E-state index in [0.717, 1.165) is 0 Å². The third-order valence-corrected chi connectivity index (χ3v) is 1.80. The van der Waals surface area contributed by atoms with Crippen LogP contribution in [0.3, 0.4) is 0 Å². The Morgan fingerprint density at radius 2 is 2.29 bits per heavy atom. The summed E-state index contributed by atoms with van der Waals surface area (Å²) < 4.78 is 4.84. The highest BCUT2D eigenvalue weighted by molar-refractivity contribution is 5.90. The van der Waals surface area contributed by atoms with E-state index < -0.39 is 0 Å². The normalized spacial score (nSPS) is 9.93. The highest BCUT2D eigenvalue weighted by atomic mass is 16.5. The van der Waals surface area contributed by atoms with Crippen molar-refractivity contribution in [2.45, 2.75) is 20.5 Å². The third-order valence-electron chi connectivity index (χ3n) is 1.80. The fourth-order valence-electron chi connectivity index (χ4n) is 1.13. The van der Waals surface area contributed by atoms with E-state index in [1.807, 2.05) is 0 Å². The first-order chi connectivity index (χ1) is 6.69. The number of aromatic nitrogens is 1. The molecule has 0 aliphatic carbocycles. The molecule has 0 aliphatic rings. The number of aliphatic hydroxyl groups excluding tert-OH is 1. The van der Waals surface area contributed by atoms with Crippen molar-refractivity contribution >= 4 is 5.97 Å². The summed E-state index contributed by atoms with van der Waals surface area (Å²) in [6.07, 6.45) is 0. The van der Waals surface area contributed by atoms with Crippen molar-refractivity contribution in [1.82, 2.24) is 4.98 Å². The Bertz CT molecular complexity index is 336. The molecule has 0 bridgehead atoms. The SMILES string of the molecule is CCOC(=O)c1ccc(CO)nc1C. The standard InChI is InChI=1S/C10H13NO3/c1-3-14-10(13)9-5-4-8(6-12)11-7(9)2/h4-5,12H,3,6H2,1-2H3. The van der Waals surface area contributed by atoms with E-state index in [2.05, 4.69) is 4.98 Å². The predicted molar refractivity (Wildman–Crippen MR) is 50.9 cm³/mol. The second-order valence-electron chi connectivity index (χ2n) is 2.81. The third kappa shape index (κ3) is 2.29. The Balaban J connectivity index is 2.94. The maximum absolute atomic E-state index is 11.3. The van der Waals surface area contributed by atoms with Gasteiger partial charge < -0.3 is 9.84 Å². The highest BCUT2D eigenvalue weighted by Gasteiger charge is 2.10. The molecule has 0 fully saturated rings. The summed E-state index contributed by atoms with van der Waals surface area (Å²) in [5, 5.41) is 8.82. The van der Waals surface area contributed by atoms with Gasteiger partial charge in [0.05, 0.1) is 30.2 Å². The zero-order chi connectivity index (χ0) is 10.6. The van der Waals surface area contributed by atoms with Crippen LogP contribution < -0.4 is 0 Å². The molecule has 1 N–H and O–H groups in total. The van der Waals surface area contributed by atoms with Gasteiger partial charge in [-0.15, -0.1) is 0 Å². The van der Waals surface area contributed by atoms with Crippen molar-refractivity contribution in [1.29, 1.82) is 0 Å². The molecular weight excluding hydrogens is 182 g/mol. The Kier molecular flexibility index (Phi) is 3.59. The van der Waals surface area contributed by atoms with Crippen LogP contribution in [0.15, 0.2) is 12.1 Å². The minimum atomic E-state index is -0.373. The monoisotopic (exact) mass is 195 g/mol. The minimum absolute atomic E-state index is 0.121. The molecule has 1 heterocycles. The van der Waals surface area contributed by atoms with Gasteiger partial charge in [0.25, 0.3) is 0 Å². The topological polar surface area (TPSA) is 59.4 Å². The molecule has 4 nitrogen and oxygen atoms in total. The lowest BCUT2D eigenvalue weighted by molar-refractivity contribution is 0.0525. The van der Waals surface area contributed by atoms with E-state index in [0.29, 0.717) is 23.6 Å². The number of esters is 1. The maximum Gasteiger partial charge on any atom is 0.339 e. The molecule has 0 spiro atoms. The average molecular weight is 195 g/mol. The fraction of sp³-hybridized carbons (Fsp3) is 0.400. The first-order valence-electron chi connectivity index (χ1n) is 4.43. The van der Waals surface area contributed by atoms with Gasteiger partial charge in [0.1, 0.15) is 0 Å². The van der Waals surface area contributed by atoms with Gasteiger partial charge in [-0.3, -0.25) is 4.98 Å². The first kappa shape index (κ1) is 10.7. The van der Waals surface area contributed by atoms with Gasteiger partial charge in [-0.25, -0.2) is 4.79 Å². The Hall–Kier alpha value is -1.42. The average Bonchev–Trinajstić information content (AvgIpc) is 2.17. The number of hydrogen-bond donors (Lipinski definition) is 1. The van der Waals surface area contributed by atoms with Gasteiger partial charge in [-0.05, 0) is 26.0 Å². The van der Waals surface area contributed by atoms with E-state index in [-0.39, 0.29) is 12.6 Å². The van der Waals surface area contributed by atoms with Crippen molar-refractivity contribution in [3.8, 4) is 0 Å². The molecule has 4 heteroatoms. The number of pyridine rings is 1. The van der Waals surface area contributed by atoms with Gasteiger partial charge in [-0.2, -0.15) is 0 Å². The van der Waals surface area contributed by atoms with Crippen molar-refractivity contribution < 1.29 is 14.6 Å². The Morgan fingerprint density at radius 3 is 2.79 bits per heavy atom. The van der Waals surface area contributed by atoms with Crippen LogP contribution in [0.4, 0.5) is 0 Å². The maximum atomic E-state index is 11.3. The molecule has 14 heavy (non-hydrogen) atoms. The quantitative estimate of drug-likeness (QED) is 0.732. The number of carbonyl (C=O) groups is 1. The molecule has 0 saturated heterocycles. The van der Waals surface area contributed by atoms with Crippen LogP contribution >= 0.6 is 0 Å².